The highest BCUT2D eigenvalue weighted by molar-refractivity contribution is 6.35. The lowest BCUT2D eigenvalue weighted by molar-refractivity contribution is -0.377. The fraction of sp³-hybridized carbons (Fsp3) is 0.233. The number of alkyl halides is 2. The summed E-state index contributed by atoms with van der Waals surface area (Å²) in [4.78, 5) is 20.2. The number of ether oxygens (including phenoxy) is 3. The second kappa shape index (κ2) is 15.3. The van der Waals surface area contributed by atoms with Crippen molar-refractivity contribution in [1.82, 2.24) is 4.98 Å². The number of nitrogens with one attached hydrogen (secondary N) is 2. The zero-order chi connectivity index (χ0) is 29.4. The van der Waals surface area contributed by atoms with Crippen molar-refractivity contribution in [1.29, 1.82) is 0 Å². The van der Waals surface area contributed by atoms with Crippen molar-refractivity contribution in [3.05, 3.63) is 112 Å². The maximum atomic E-state index is 13.3. The highest BCUT2D eigenvalue weighted by Gasteiger charge is 2.25. The number of rotatable bonds is 12. The minimum atomic E-state index is -3.04. The molecule has 0 radical (unpaired) electrons. The summed E-state index contributed by atoms with van der Waals surface area (Å²) in [6.45, 7) is 1.01. The van der Waals surface area contributed by atoms with Crippen LogP contribution in [0, 0.1) is 0 Å². The highest BCUT2D eigenvalue weighted by Crippen LogP contribution is 2.36. The van der Waals surface area contributed by atoms with Crippen molar-refractivity contribution >= 4 is 34.9 Å². The fourth-order valence-electron chi connectivity index (χ4n) is 3.98. The maximum absolute atomic E-state index is 13.3. The first-order valence-corrected chi connectivity index (χ1v) is 13.5. The lowest BCUT2D eigenvalue weighted by atomic mass is 10.0. The van der Waals surface area contributed by atoms with E-state index in [4.69, 9.17) is 32.7 Å². The van der Waals surface area contributed by atoms with Crippen LogP contribution in [0.15, 0.2) is 79.4 Å². The lowest BCUT2D eigenvalue weighted by Crippen LogP contribution is -2.16. The molecule has 2 heterocycles. The van der Waals surface area contributed by atoms with E-state index >= 15 is 0 Å². The van der Waals surface area contributed by atoms with Crippen LogP contribution in [0.25, 0.3) is 0 Å². The molecule has 2 aromatic carbocycles. The Bertz CT molecular complexity index is 1440. The molecule has 4 rings (SSSR count). The quantitative estimate of drug-likeness (QED) is 0.167. The van der Waals surface area contributed by atoms with Crippen LogP contribution in [-0.4, -0.2) is 29.1 Å². The third-order valence-electron chi connectivity index (χ3n) is 5.90. The lowest BCUT2D eigenvalue weighted by Gasteiger charge is -2.22. The Morgan fingerprint density at radius 2 is 1.71 bits per heavy atom. The summed E-state index contributed by atoms with van der Waals surface area (Å²) >= 11 is 12.8. The van der Waals surface area contributed by atoms with Crippen molar-refractivity contribution in [2.75, 3.05) is 5.32 Å². The maximum Gasteiger partial charge on any atom is 0.387 e. The average molecular weight is 620 g/mol. The molecular weight excluding hydrogens is 591 g/mol. The van der Waals surface area contributed by atoms with Gasteiger partial charge in [-0.3, -0.25) is 4.98 Å². The number of hydrogen-bond acceptors (Lipinski definition) is 7. The van der Waals surface area contributed by atoms with Crippen LogP contribution in [0.4, 0.5) is 14.5 Å². The molecule has 0 bridgehead atoms. The number of hydrogen-bond donors (Lipinski definition) is 1. The van der Waals surface area contributed by atoms with Crippen LogP contribution >= 0.6 is 23.2 Å². The molecule has 2 aromatic heterocycles. The molecule has 0 aliphatic rings. The van der Waals surface area contributed by atoms with Crippen LogP contribution in [0.2, 0.25) is 10.0 Å². The molecule has 0 amide bonds. The second-order valence-electron chi connectivity index (χ2n) is 9.27. The summed E-state index contributed by atoms with van der Waals surface area (Å²) in [7, 11) is 0. The first-order valence-electron chi connectivity index (χ1n) is 12.7. The SMILES string of the molecule is CC(C)Oc1cc([C@H](Cc2c(Cl)c[nH+]cc2Cl)OC(=O)c2ccc(CNc3cccnc3)cc2)ccc1OC(F)F.[OH-]. The van der Waals surface area contributed by atoms with E-state index in [1.807, 2.05) is 24.3 Å². The molecule has 1 atom stereocenters. The third-order valence-corrected chi connectivity index (χ3v) is 6.58. The predicted octanol–water partition coefficient (Wildman–Crippen LogP) is 7.17. The summed E-state index contributed by atoms with van der Waals surface area (Å²) in [5.74, 6) is -0.637. The Labute approximate surface area is 251 Å². The molecular formula is C30H29Cl2F2N3O5. The molecule has 0 aliphatic carbocycles. The van der Waals surface area contributed by atoms with Gasteiger partial charge < -0.3 is 25.0 Å². The van der Waals surface area contributed by atoms with Gasteiger partial charge in [-0.05, 0) is 61.4 Å². The van der Waals surface area contributed by atoms with Crippen molar-refractivity contribution < 1.29 is 38.2 Å². The van der Waals surface area contributed by atoms with E-state index in [1.54, 1.807) is 50.8 Å². The van der Waals surface area contributed by atoms with Crippen LogP contribution in [0.1, 0.15) is 47.0 Å². The van der Waals surface area contributed by atoms with Gasteiger partial charge in [-0.15, -0.1) is 0 Å². The Morgan fingerprint density at radius 1 is 1.00 bits per heavy atom. The van der Waals surface area contributed by atoms with Gasteiger partial charge in [-0.1, -0.05) is 41.4 Å². The Hall–Kier alpha value is -3.99. The number of nitrogens with zero attached hydrogens (tertiary/aromatic N) is 1. The van der Waals surface area contributed by atoms with Gasteiger partial charge in [0, 0.05) is 30.9 Å². The molecule has 0 unspecified atom stereocenters. The van der Waals surface area contributed by atoms with E-state index in [2.05, 4.69) is 20.0 Å². The van der Waals surface area contributed by atoms with E-state index < -0.39 is 18.7 Å². The average Bonchev–Trinajstić information content (AvgIpc) is 2.94. The fourth-order valence-corrected chi connectivity index (χ4v) is 4.51. The second-order valence-corrected chi connectivity index (χ2v) is 10.1. The van der Waals surface area contributed by atoms with E-state index in [-0.39, 0.29) is 29.5 Å². The summed E-state index contributed by atoms with van der Waals surface area (Å²) in [6.07, 6.45) is 5.44. The number of benzene rings is 2. The first-order chi connectivity index (χ1) is 19.7. The first kappa shape index (κ1) is 32.5. The summed E-state index contributed by atoms with van der Waals surface area (Å²) < 4.78 is 42.3. The standard InChI is InChI=1S/C30H27Cl2F2N3O4.H2O/c1-18(2)39-28-12-21(9-10-26(28)41-30(33)34)27(13-23-24(31)16-36-17-25(23)32)40-29(38)20-7-5-19(6-8-20)14-37-22-4-3-11-35-15-22;/h3-12,15-18,27,30,37H,13-14H2,1-2H3;1H2/t27-;/m0./s1. The van der Waals surface area contributed by atoms with Gasteiger partial charge >= 0.3 is 12.6 Å². The summed E-state index contributed by atoms with van der Waals surface area (Å²) in [5, 5.41) is 3.96. The van der Waals surface area contributed by atoms with E-state index in [0.717, 1.165) is 11.3 Å². The van der Waals surface area contributed by atoms with Gasteiger partial charge in [-0.2, -0.15) is 8.78 Å². The Morgan fingerprint density at radius 3 is 2.33 bits per heavy atom. The molecule has 0 spiro atoms. The number of aromatic nitrogens is 2. The highest BCUT2D eigenvalue weighted by atomic mass is 35.5. The van der Waals surface area contributed by atoms with E-state index in [0.29, 0.717) is 33.3 Å². The Kier molecular flexibility index (Phi) is 11.8. The monoisotopic (exact) mass is 619 g/mol. The number of H-pyrrole nitrogens is 1. The minimum absolute atomic E-state index is 0. The largest absolute Gasteiger partial charge is 0.870 e. The number of pyridine rings is 2. The third kappa shape index (κ3) is 9.01. The van der Waals surface area contributed by atoms with Crippen LogP contribution in [0.5, 0.6) is 11.5 Å². The molecule has 3 N–H and O–H groups in total. The van der Waals surface area contributed by atoms with E-state index in [1.165, 1.54) is 18.2 Å². The zero-order valence-corrected chi connectivity index (χ0v) is 24.2. The summed E-state index contributed by atoms with van der Waals surface area (Å²) in [6, 6.07) is 15.1. The molecule has 0 saturated heterocycles. The van der Waals surface area contributed by atoms with Gasteiger partial charge in [0.1, 0.15) is 16.1 Å². The molecule has 0 aliphatic heterocycles. The topological polar surface area (TPSA) is 114 Å². The van der Waals surface area contributed by atoms with Crippen LogP contribution in [-0.2, 0) is 17.7 Å². The predicted molar refractivity (Wildman–Crippen MR) is 154 cm³/mol. The van der Waals surface area contributed by atoms with Crippen molar-refractivity contribution in [2.24, 2.45) is 0 Å². The molecule has 4 aromatic rings. The number of esters is 1. The molecule has 42 heavy (non-hydrogen) atoms. The van der Waals surface area contributed by atoms with Crippen molar-refractivity contribution in [3.63, 3.8) is 0 Å². The smallest absolute Gasteiger partial charge is 0.387 e. The van der Waals surface area contributed by atoms with Crippen molar-refractivity contribution in [2.45, 2.75) is 45.6 Å². The van der Waals surface area contributed by atoms with Gasteiger partial charge in [-0.25, -0.2) is 9.78 Å². The molecule has 0 fully saturated rings. The zero-order valence-electron chi connectivity index (χ0n) is 22.7. The van der Waals surface area contributed by atoms with Crippen molar-refractivity contribution in [3.8, 4) is 11.5 Å². The van der Waals surface area contributed by atoms with Gasteiger partial charge in [0.2, 0.25) is 0 Å². The number of carbonyl (C=O) groups excluding carboxylic acids is 1. The van der Waals surface area contributed by atoms with Gasteiger partial charge in [0.15, 0.2) is 23.9 Å². The molecule has 8 nitrogen and oxygen atoms in total. The van der Waals surface area contributed by atoms with Gasteiger partial charge in [0.25, 0.3) is 0 Å². The molecule has 0 saturated carbocycles. The minimum Gasteiger partial charge on any atom is -0.870 e. The molecule has 222 valence electrons. The van der Waals surface area contributed by atoms with E-state index in [9.17, 15) is 13.6 Å². The van der Waals surface area contributed by atoms with Gasteiger partial charge in [0.05, 0.1) is 17.4 Å². The van der Waals surface area contributed by atoms with Crippen LogP contribution < -0.4 is 19.8 Å². The summed E-state index contributed by atoms with van der Waals surface area (Å²) in [5.41, 5.74) is 3.18. The Balaban J connectivity index is 0.00000484. The van der Waals surface area contributed by atoms with Crippen LogP contribution in [0.3, 0.4) is 0 Å². The normalized spacial score (nSPS) is 11.5. The number of aromatic amines is 1. The number of carbonyl (C=O) groups is 1. The molecule has 12 heteroatoms. The number of anilines is 1. The number of halogens is 4.